The van der Waals surface area contributed by atoms with Gasteiger partial charge in [0.15, 0.2) is 0 Å². The van der Waals surface area contributed by atoms with E-state index in [9.17, 15) is 4.79 Å². The zero-order valence-electron chi connectivity index (χ0n) is 10.1. The molecule has 1 N–H and O–H groups in total. The van der Waals surface area contributed by atoms with Gasteiger partial charge in [0.05, 0.1) is 0 Å². The summed E-state index contributed by atoms with van der Waals surface area (Å²) in [5.74, 6) is -0.314. The first-order valence-corrected chi connectivity index (χ1v) is 5.65. The average Bonchev–Trinajstić information content (AvgIpc) is 2.36. The molecule has 0 aliphatic carbocycles. The third-order valence-corrected chi connectivity index (χ3v) is 2.47. The molecule has 3 nitrogen and oxygen atoms in total. The number of amides is 1. The zero-order valence-corrected chi connectivity index (χ0v) is 10.1. The molecule has 0 fully saturated rings. The lowest BCUT2D eigenvalue weighted by Crippen LogP contribution is -2.32. The van der Waals surface area contributed by atoms with E-state index in [-0.39, 0.29) is 17.5 Å². The number of hydrogen-bond acceptors (Lipinski definition) is 2. The minimum Gasteiger partial charge on any atom is -0.349 e. The largest absolute Gasteiger partial charge is 0.349 e. The van der Waals surface area contributed by atoms with Crippen LogP contribution < -0.4 is 5.32 Å². The van der Waals surface area contributed by atoms with Crippen LogP contribution in [0.1, 0.15) is 25.8 Å². The normalized spacial score (nSPS) is 12.6. The molecule has 0 spiro atoms. The number of nitrogens with one attached hydrogen (secondary N) is 1. The summed E-state index contributed by atoms with van der Waals surface area (Å²) in [6.07, 6.45) is 2.44. The molecular weight excluding hydrogens is 212 g/mol. The lowest BCUT2D eigenvalue weighted by atomic mass is 10.1. The van der Waals surface area contributed by atoms with E-state index in [4.69, 9.17) is 5.26 Å². The Kier molecular flexibility index (Phi) is 4.96. The van der Waals surface area contributed by atoms with E-state index in [2.05, 4.69) is 5.32 Å². The Morgan fingerprint density at radius 3 is 2.65 bits per heavy atom. The maximum absolute atomic E-state index is 11.7. The minimum atomic E-state index is -0.314. The topological polar surface area (TPSA) is 52.9 Å². The Labute approximate surface area is 102 Å². The smallest absolute Gasteiger partial charge is 0.262 e. The van der Waals surface area contributed by atoms with E-state index in [1.165, 1.54) is 0 Å². The van der Waals surface area contributed by atoms with E-state index in [0.29, 0.717) is 0 Å². The Morgan fingerprint density at radius 1 is 1.47 bits per heavy atom. The lowest BCUT2D eigenvalue weighted by molar-refractivity contribution is -0.117. The molecule has 3 heteroatoms. The fourth-order valence-corrected chi connectivity index (χ4v) is 1.27. The molecule has 0 aromatic heterocycles. The number of hydrogen-bond donors (Lipinski definition) is 1. The third kappa shape index (κ3) is 4.12. The van der Waals surface area contributed by atoms with Crippen molar-refractivity contribution in [1.29, 1.82) is 5.26 Å². The number of nitriles is 1. The van der Waals surface area contributed by atoms with Gasteiger partial charge in [0, 0.05) is 6.04 Å². The standard InChI is InChI=1S/C14H16N2O/c1-3-11(2)16-14(17)13(10-15)9-12-7-5-4-6-8-12/h4-9,11H,3H2,1-2H3,(H,16,17)/b13-9+. The van der Waals surface area contributed by atoms with Crippen LogP contribution in [0.3, 0.4) is 0 Å². The van der Waals surface area contributed by atoms with Crippen molar-refractivity contribution in [2.45, 2.75) is 26.3 Å². The van der Waals surface area contributed by atoms with Crippen LogP contribution in [0.15, 0.2) is 35.9 Å². The van der Waals surface area contributed by atoms with Crippen molar-refractivity contribution in [2.24, 2.45) is 0 Å². The van der Waals surface area contributed by atoms with Gasteiger partial charge < -0.3 is 5.32 Å². The molecule has 1 amide bonds. The molecule has 17 heavy (non-hydrogen) atoms. The highest BCUT2D eigenvalue weighted by Crippen LogP contribution is 2.06. The van der Waals surface area contributed by atoms with Gasteiger partial charge in [0.25, 0.3) is 5.91 Å². The summed E-state index contributed by atoms with van der Waals surface area (Å²) in [5, 5.41) is 11.7. The predicted molar refractivity (Wildman–Crippen MR) is 67.9 cm³/mol. The van der Waals surface area contributed by atoms with Crippen LogP contribution in [0.25, 0.3) is 6.08 Å². The molecule has 0 aliphatic heterocycles. The summed E-state index contributed by atoms with van der Waals surface area (Å²) in [7, 11) is 0. The van der Waals surface area contributed by atoms with Crippen molar-refractivity contribution < 1.29 is 4.79 Å². The van der Waals surface area contributed by atoms with Crippen molar-refractivity contribution in [2.75, 3.05) is 0 Å². The van der Waals surface area contributed by atoms with Gasteiger partial charge in [-0.2, -0.15) is 5.26 Å². The molecule has 1 atom stereocenters. The van der Waals surface area contributed by atoms with Crippen LogP contribution in [0.2, 0.25) is 0 Å². The van der Waals surface area contributed by atoms with Crippen LogP contribution in [0, 0.1) is 11.3 Å². The number of carbonyl (C=O) groups is 1. The molecule has 1 aromatic rings. The van der Waals surface area contributed by atoms with E-state index < -0.39 is 0 Å². The number of rotatable bonds is 4. The Hall–Kier alpha value is -2.08. The molecule has 1 unspecified atom stereocenters. The summed E-state index contributed by atoms with van der Waals surface area (Å²) in [5.41, 5.74) is 0.986. The number of benzene rings is 1. The maximum atomic E-state index is 11.7. The van der Waals surface area contributed by atoms with Crippen LogP contribution >= 0.6 is 0 Å². The Bertz CT molecular complexity index is 443. The number of nitrogens with zero attached hydrogens (tertiary/aromatic N) is 1. The van der Waals surface area contributed by atoms with Crippen molar-refractivity contribution in [3.63, 3.8) is 0 Å². The van der Waals surface area contributed by atoms with Crippen LogP contribution in [-0.2, 0) is 4.79 Å². The Balaban J connectivity index is 2.82. The first-order chi connectivity index (χ1) is 8.17. The first kappa shape index (κ1) is 13.0. The summed E-state index contributed by atoms with van der Waals surface area (Å²) >= 11 is 0. The monoisotopic (exact) mass is 228 g/mol. The van der Waals surface area contributed by atoms with Gasteiger partial charge in [-0.3, -0.25) is 4.79 Å². The molecule has 1 aromatic carbocycles. The zero-order chi connectivity index (χ0) is 12.7. The van der Waals surface area contributed by atoms with E-state index in [0.717, 1.165) is 12.0 Å². The van der Waals surface area contributed by atoms with E-state index >= 15 is 0 Å². The van der Waals surface area contributed by atoms with Gasteiger partial charge in [0.1, 0.15) is 11.6 Å². The predicted octanol–water partition coefficient (Wildman–Crippen LogP) is 2.51. The highest BCUT2D eigenvalue weighted by molar-refractivity contribution is 6.01. The summed E-state index contributed by atoms with van der Waals surface area (Å²) in [4.78, 5) is 11.7. The van der Waals surface area contributed by atoms with Crippen molar-refractivity contribution in [3.8, 4) is 6.07 Å². The van der Waals surface area contributed by atoms with Gasteiger partial charge in [-0.15, -0.1) is 0 Å². The molecule has 0 saturated heterocycles. The van der Waals surface area contributed by atoms with Crippen LogP contribution in [-0.4, -0.2) is 11.9 Å². The van der Waals surface area contributed by atoms with Gasteiger partial charge in [0.2, 0.25) is 0 Å². The minimum absolute atomic E-state index is 0.0787. The van der Waals surface area contributed by atoms with Crippen LogP contribution in [0.5, 0.6) is 0 Å². The van der Waals surface area contributed by atoms with Gasteiger partial charge in [-0.05, 0) is 25.0 Å². The highest BCUT2D eigenvalue weighted by atomic mass is 16.1. The quantitative estimate of drug-likeness (QED) is 0.636. The second kappa shape index (κ2) is 6.49. The number of carbonyl (C=O) groups excluding carboxylic acids is 1. The van der Waals surface area contributed by atoms with Crippen molar-refractivity contribution in [3.05, 3.63) is 41.5 Å². The molecule has 0 aliphatic rings. The molecule has 0 saturated carbocycles. The van der Waals surface area contributed by atoms with Gasteiger partial charge in [-0.1, -0.05) is 37.3 Å². The van der Waals surface area contributed by atoms with Gasteiger partial charge >= 0.3 is 0 Å². The van der Waals surface area contributed by atoms with Crippen molar-refractivity contribution >= 4 is 12.0 Å². The molecule has 88 valence electrons. The fourth-order valence-electron chi connectivity index (χ4n) is 1.27. The molecule has 0 heterocycles. The first-order valence-electron chi connectivity index (χ1n) is 5.65. The SMILES string of the molecule is CCC(C)NC(=O)/C(C#N)=C/c1ccccc1. The van der Waals surface area contributed by atoms with Crippen LogP contribution in [0.4, 0.5) is 0 Å². The Morgan fingerprint density at radius 2 is 2.12 bits per heavy atom. The maximum Gasteiger partial charge on any atom is 0.262 e. The lowest BCUT2D eigenvalue weighted by Gasteiger charge is -2.10. The van der Waals surface area contributed by atoms with Crippen molar-refractivity contribution in [1.82, 2.24) is 5.32 Å². The highest BCUT2D eigenvalue weighted by Gasteiger charge is 2.10. The second-order valence-electron chi connectivity index (χ2n) is 3.86. The van der Waals surface area contributed by atoms with E-state index in [1.54, 1.807) is 6.08 Å². The van der Waals surface area contributed by atoms with E-state index in [1.807, 2.05) is 50.2 Å². The van der Waals surface area contributed by atoms with Gasteiger partial charge in [-0.25, -0.2) is 0 Å². The summed E-state index contributed by atoms with van der Waals surface area (Å²) < 4.78 is 0. The summed E-state index contributed by atoms with van der Waals surface area (Å²) in [6, 6.07) is 11.3. The average molecular weight is 228 g/mol. The molecule has 1 rings (SSSR count). The molecular formula is C14H16N2O. The fraction of sp³-hybridized carbons (Fsp3) is 0.286. The summed E-state index contributed by atoms with van der Waals surface area (Å²) in [6.45, 7) is 3.90. The molecule has 0 bridgehead atoms. The third-order valence-electron chi connectivity index (χ3n) is 2.47. The molecule has 0 radical (unpaired) electrons. The second-order valence-corrected chi connectivity index (χ2v) is 3.86.